The summed E-state index contributed by atoms with van der Waals surface area (Å²) in [6.45, 7) is 0. The highest BCUT2D eigenvalue weighted by Gasteiger charge is 2.34. The Balaban J connectivity index is 2.13. The molecule has 11 heteroatoms. The average molecular weight is 398 g/mol. The molecule has 0 heterocycles. The predicted octanol–water partition coefficient (Wildman–Crippen LogP) is 2.71. The molecule has 2 rings (SSSR count). The van der Waals surface area contributed by atoms with Gasteiger partial charge >= 0.3 is 6.18 Å². The topological polar surface area (TPSA) is 111 Å². The standard InChI is InChI=1S/C16H13F3N4O3S/c1-27(25,26)23-12-5-3-11(4-6-12)15(24)22-21-14-7-2-10(9-20)8-13(14)16(17,18)19/h2-8,21,23H,1H3,(H,22,24). The molecule has 0 atom stereocenters. The number of nitrogens with zero attached hydrogens (tertiary/aromatic N) is 1. The third kappa shape index (κ3) is 5.61. The van der Waals surface area contributed by atoms with Crippen molar-refractivity contribution in [2.45, 2.75) is 6.18 Å². The molecule has 0 spiro atoms. The zero-order valence-corrected chi connectivity index (χ0v) is 14.6. The van der Waals surface area contributed by atoms with Gasteiger partial charge in [-0.05, 0) is 42.5 Å². The summed E-state index contributed by atoms with van der Waals surface area (Å²) >= 11 is 0. The Morgan fingerprint density at radius 1 is 1.11 bits per heavy atom. The van der Waals surface area contributed by atoms with Crippen LogP contribution in [0.4, 0.5) is 24.5 Å². The van der Waals surface area contributed by atoms with Crippen LogP contribution in [0.1, 0.15) is 21.5 Å². The van der Waals surface area contributed by atoms with Gasteiger partial charge in [0.05, 0.1) is 29.1 Å². The molecule has 0 aliphatic carbocycles. The number of anilines is 2. The highest BCUT2D eigenvalue weighted by atomic mass is 32.2. The van der Waals surface area contributed by atoms with Gasteiger partial charge in [0.1, 0.15) is 0 Å². The molecular formula is C16H13F3N4O3S. The molecule has 0 saturated carbocycles. The fourth-order valence-corrected chi connectivity index (χ4v) is 2.62. The molecule has 2 aromatic carbocycles. The van der Waals surface area contributed by atoms with Crippen molar-refractivity contribution >= 4 is 27.3 Å². The van der Waals surface area contributed by atoms with Crippen LogP contribution in [0, 0.1) is 11.3 Å². The maximum Gasteiger partial charge on any atom is 0.418 e. The molecule has 3 N–H and O–H groups in total. The van der Waals surface area contributed by atoms with E-state index in [9.17, 15) is 26.4 Å². The van der Waals surface area contributed by atoms with E-state index in [1.54, 1.807) is 6.07 Å². The van der Waals surface area contributed by atoms with Gasteiger partial charge in [-0.1, -0.05) is 0 Å². The fourth-order valence-electron chi connectivity index (χ4n) is 2.06. The minimum atomic E-state index is -4.72. The molecule has 7 nitrogen and oxygen atoms in total. The highest BCUT2D eigenvalue weighted by Crippen LogP contribution is 2.35. The van der Waals surface area contributed by atoms with Crippen LogP contribution < -0.4 is 15.6 Å². The lowest BCUT2D eigenvalue weighted by Crippen LogP contribution is -2.30. The number of hydrogen-bond acceptors (Lipinski definition) is 5. The Hall–Kier alpha value is -3.26. The van der Waals surface area contributed by atoms with E-state index in [-0.39, 0.29) is 16.8 Å². The normalized spacial score (nSPS) is 11.4. The number of nitriles is 1. The van der Waals surface area contributed by atoms with Crippen LogP contribution in [0.5, 0.6) is 0 Å². The number of hydrazine groups is 1. The van der Waals surface area contributed by atoms with Gasteiger partial charge in [0, 0.05) is 11.3 Å². The van der Waals surface area contributed by atoms with Crippen LogP contribution in [0.25, 0.3) is 0 Å². The van der Waals surface area contributed by atoms with Crippen LogP contribution in [-0.4, -0.2) is 20.6 Å². The van der Waals surface area contributed by atoms with E-state index < -0.39 is 33.4 Å². The van der Waals surface area contributed by atoms with Crippen molar-refractivity contribution < 1.29 is 26.4 Å². The minimum Gasteiger partial charge on any atom is -0.298 e. The maximum absolute atomic E-state index is 13.1. The van der Waals surface area contributed by atoms with Crippen molar-refractivity contribution in [2.24, 2.45) is 0 Å². The van der Waals surface area contributed by atoms with E-state index >= 15 is 0 Å². The number of nitrogens with one attached hydrogen (secondary N) is 3. The highest BCUT2D eigenvalue weighted by molar-refractivity contribution is 7.92. The number of hydrogen-bond donors (Lipinski definition) is 3. The van der Waals surface area contributed by atoms with Gasteiger partial charge in [-0.25, -0.2) is 8.42 Å². The predicted molar refractivity (Wildman–Crippen MR) is 92.2 cm³/mol. The van der Waals surface area contributed by atoms with Gasteiger partial charge < -0.3 is 0 Å². The molecule has 0 unspecified atom stereocenters. The zero-order valence-electron chi connectivity index (χ0n) is 13.8. The molecule has 0 aromatic heterocycles. The van der Waals surface area contributed by atoms with E-state index in [0.29, 0.717) is 6.07 Å². The molecule has 27 heavy (non-hydrogen) atoms. The SMILES string of the molecule is CS(=O)(=O)Nc1ccc(C(=O)NNc2ccc(C#N)cc2C(F)(F)F)cc1. The Morgan fingerprint density at radius 3 is 2.26 bits per heavy atom. The first-order valence-electron chi connectivity index (χ1n) is 7.25. The number of carbonyl (C=O) groups is 1. The lowest BCUT2D eigenvalue weighted by atomic mass is 10.1. The third-order valence-corrected chi connectivity index (χ3v) is 3.82. The van der Waals surface area contributed by atoms with Gasteiger partial charge in [0.25, 0.3) is 5.91 Å². The minimum absolute atomic E-state index is 0.0868. The number of benzene rings is 2. The van der Waals surface area contributed by atoms with Crippen LogP contribution in [0.15, 0.2) is 42.5 Å². The van der Waals surface area contributed by atoms with Gasteiger partial charge in [-0.3, -0.25) is 20.4 Å². The molecule has 2 aromatic rings. The first-order valence-corrected chi connectivity index (χ1v) is 9.14. The summed E-state index contributed by atoms with van der Waals surface area (Å²) < 4.78 is 63.7. The van der Waals surface area contributed by atoms with Crippen LogP contribution in [-0.2, 0) is 16.2 Å². The van der Waals surface area contributed by atoms with E-state index in [4.69, 9.17) is 5.26 Å². The quantitative estimate of drug-likeness (QED) is 0.671. The molecule has 1 amide bonds. The van der Waals surface area contributed by atoms with E-state index in [2.05, 4.69) is 15.6 Å². The molecule has 0 aliphatic rings. The van der Waals surface area contributed by atoms with Gasteiger partial charge in [0.15, 0.2) is 0 Å². The molecular weight excluding hydrogens is 385 g/mol. The first-order chi connectivity index (χ1) is 12.5. The van der Waals surface area contributed by atoms with Gasteiger partial charge in [-0.2, -0.15) is 18.4 Å². The molecule has 0 saturated heterocycles. The van der Waals surface area contributed by atoms with E-state index in [1.807, 2.05) is 0 Å². The molecule has 0 fully saturated rings. The number of sulfonamides is 1. The smallest absolute Gasteiger partial charge is 0.298 e. The largest absolute Gasteiger partial charge is 0.418 e. The van der Waals surface area contributed by atoms with E-state index in [1.165, 1.54) is 30.3 Å². The molecule has 0 aliphatic heterocycles. The number of amides is 1. The summed E-state index contributed by atoms with van der Waals surface area (Å²) in [5.74, 6) is -0.738. The van der Waals surface area contributed by atoms with Crippen molar-refractivity contribution in [2.75, 3.05) is 16.4 Å². The monoisotopic (exact) mass is 398 g/mol. The average Bonchev–Trinajstić information content (AvgIpc) is 2.58. The first kappa shape index (κ1) is 20.1. The number of carbonyl (C=O) groups excluding carboxylic acids is 1. The molecule has 0 radical (unpaired) electrons. The maximum atomic E-state index is 13.1. The Labute approximate surface area is 152 Å². The second kappa shape index (κ2) is 7.55. The summed E-state index contributed by atoms with van der Waals surface area (Å²) in [5.41, 5.74) is 2.92. The summed E-state index contributed by atoms with van der Waals surface area (Å²) in [6, 6.07) is 9.75. The van der Waals surface area contributed by atoms with Gasteiger partial charge in [-0.15, -0.1) is 0 Å². The lowest BCUT2D eigenvalue weighted by molar-refractivity contribution is -0.137. The summed E-state index contributed by atoms with van der Waals surface area (Å²) in [7, 11) is -3.47. The lowest BCUT2D eigenvalue weighted by Gasteiger charge is -2.15. The molecule has 142 valence electrons. The Kier molecular flexibility index (Phi) is 5.61. The second-order valence-corrected chi connectivity index (χ2v) is 7.15. The van der Waals surface area contributed by atoms with Crippen LogP contribution in [0.2, 0.25) is 0 Å². The summed E-state index contributed by atoms with van der Waals surface area (Å²) in [4.78, 5) is 12.1. The second-order valence-electron chi connectivity index (χ2n) is 5.40. The summed E-state index contributed by atoms with van der Waals surface area (Å²) in [5, 5.41) is 8.73. The van der Waals surface area contributed by atoms with Crippen molar-refractivity contribution in [3.05, 3.63) is 59.2 Å². The molecule has 0 bridgehead atoms. The Morgan fingerprint density at radius 2 is 1.74 bits per heavy atom. The van der Waals surface area contributed by atoms with Gasteiger partial charge in [0.2, 0.25) is 10.0 Å². The summed E-state index contributed by atoms with van der Waals surface area (Å²) in [6.07, 6.45) is -3.76. The van der Waals surface area contributed by atoms with Crippen molar-refractivity contribution in [1.29, 1.82) is 5.26 Å². The third-order valence-electron chi connectivity index (χ3n) is 3.22. The number of halogens is 3. The number of alkyl halides is 3. The van der Waals surface area contributed by atoms with E-state index in [0.717, 1.165) is 12.3 Å². The van der Waals surface area contributed by atoms with Crippen molar-refractivity contribution in [3.8, 4) is 6.07 Å². The zero-order chi connectivity index (χ0) is 20.2. The van der Waals surface area contributed by atoms with Crippen molar-refractivity contribution in [1.82, 2.24) is 5.43 Å². The number of rotatable bonds is 5. The Bertz CT molecular complexity index is 997. The van der Waals surface area contributed by atoms with Crippen LogP contribution in [0.3, 0.4) is 0 Å². The fraction of sp³-hybridized carbons (Fsp3) is 0.125. The van der Waals surface area contributed by atoms with Crippen LogP contribution >= 0.6 is 0 Å². The van der Waals surface area contributed by atoms with Crippen molar-refractivity contribution in [3.63, 3.8) is 0 Å².